The van der Waals surface area contributed by atoms with E-state index >= 15 is 0 Å². The van der Waals surface area contributed by atoms with Gasteiger partial charge in [0, 0.05) is 23.9 Å². The summed E-state index contributed by atoms with van der Waals surface area (Å²) in [5.74, 6) is 0.292. The highest BCUT2D eigenvalue weighted by Crippen LogP contribution is 2.32. The third-order valence-electron chi connectivity index (χ3n) is 3.83. The van der Waals surface area contributed by atoms with Crippen LogP contribution >= 0.6 is 11.6 Å². The van der Waals surface area contributed by atoms with Crippen molar-refractivity contribution in [2.45, 2.75) is 12.3 Å². The highest BCUT2D eigenvalue weighted by atomic mass is 35.5. The minimum Gasteiger partial charge on any atom is -0.256 e. The van der Waals surface area contributed by atoms with E-state index in [0.29, 0.717) is 11.1 Å². The summed E-state index contributed by atoms with van der Waals surface area (Å²) in [4.78, 5) is 13.1. The molecule has 0 fully saturated rings. The molecule has 4 rings (SSSR count). The third-order valence-corrected chi connectivity index (χ3v) is 4.01. The van der Waals surface area contributed by atoms with Crippen molar-refractivity contribution in [2.75, 3.05) is 0 Å². The number of hydrogen-bond donors (Lipinski definition) is 0. The van der Waals surface area contributed by atoms with Crippen LogP contribution in [-0.2, 0) is 6.42 Å². The third kappa shape index (κ3) is 2.20. The van der Waals surface area contributed by atoms with Gasteiger partial charge >= 0.3 is 0 Å². The van der Waals surface area contributed by atoms with E-state index in [1.807, 2.05) is 24.4 Å². The van der Waals surface area contributed by atoms with E-state index in [1.54, 1.807) is 6.20 Å². The summed E-state index contributed by atoms with van der Waals surface area (Å²) in [7, 11) is 0. The normalized spacial score (nSPS) is 16.9. The zero-order valence-electron chi connectivity index (χ0n) is 11.2. The second-order valence-corrected chi connectivity index (χ2v) is 5.50. The molecule has 102 valence electrons. The summed E-state index contributed by atoms with van der Waals surface area (Å²) in [6.45, 7) is 0. The molecule has 0 aliphatic heterocycles. The average molecular weight is 294 g/mol. The van der Waals surface area contributed by atoms with Gasteiger partial charge in [0.2, 0.25) is 0 Å². The first-order valence-electron chi connectivity index (χ1n) is 6.84. The lowest BCUT2D eigenvalue weighted by Crippen LogP contribution is -2.09. The molecule has 0 radical (unpaired) electrons. The van der Waals surface area contributed by atoms with Gasteiger partial charge in [-0.05, 0) is 23.8 Å². The SMILES string of the molecule is Clc1cnc2c(n1)C=CC(c1cccc3ncccc13)C2. The molecule has 3 nitrogen and oxygen atoms in total. The molecule has 1 atom stereocenters. The molecular formula is C17H12ClN3. The Morgan fingerprint density at radius 2 is 2.05 bits per heavy atom. The van der Waals surface area contributed by atoms with Crippen LogP contribution in [0.2, 0.25) is 5.15 Å². The van der Waals surface area contributed by atoms with Crippen molar-refractivity contribution in [3.8, 4) is 0 Å². The number of pyridine rings is 1. The van der Waals surface area contributed by atoms with E-state index in [1.165, 1.54) is 10.9 Å². The number of hydrogen-bond acceptors (Lipinski definition) is 3. The number of benzene rings is 1. The van der Waals surface area contributed by atoms with E-state index in [4.69, 9.17) is 11.6 Å². The van der Waals surface area contributed by atoms with Crippen LogP contribution in [0.25, 0.3) is 17.0 Å². The van der Waals surface area contributed by atoms with Crippen molar-refractivity contribution in [2.24, 2.45) is 0 Å². The molecule has 0 saturated heterocycles. The van der Waals surface area contributed by atoms with E-state index in [9.17, 15) is 0 Å². The molecule has 1 aromatic carbocycles. The van der Waals surface area contributed by atoms with Gasteiger partial charge in [-0.15, -0.1) is 0 Å². The fraction of sp³-hybridized carbons (Fsp3) is 0.118. The number of aromatic nitrogens is 3. The summed E-state index contributed by atoms with van der Waals surface area (Å²) in [5, 5.41) is 1.63. The Morgan fingerprint density at radius 1 is 1.10 bits per heavy atom. The van der Waals surface area contributed by atoms with E-state index in [2.05, 4.69) is 39.2 Å². The molecule has 2 aromatic heterocycles. The van der Waals surface area contributed by atoms with Gasteiger partial charge in [0.15, 0.2) is 0 Å². The maximum atomic E-state index is 5.89. The maximum Gasteiger partial charge on any atom is 0.148 e. The van der Waals surface area contributed by atoms with Crippen LogP contribution in [0.3, 0.4) is 0 Å². The van der Waals surface area contributed by atoms with Crippen molar-refractivity contribution in [3.63, 3.8) is 0 Å². The molecule has 0 spiro atoms. The van der Waals surface area contributed by atoms with Gasteiger partial charge in [0.05, 0.1) is 23.1 Å². The Balaban J connectivity index is 1.80. The number of allylic oxidation sites excluding steroid dienone is 1. The van der Waals surface area contributed by atoms with Crippen molar-refractivity contribution in [1.82, 2.24) is 15.0 Å². The first-order valence-corrected chi connectivity index (χ1v) is 7.22. The second-order valence-electron chi connectivity index (χ2n) is 5.11. The standard InChI is InChI=1S/C17H12ClN3/c18-17-10-20-16-9-11(6-7-15(16)21-17)12-3-1-5-14-13(12)4-2-8-19-14/h1-8,10-11H,9H2. The van der Waals surface area contributed by atoms with Crippen molar-refractivity contribution in [1.29, 1.82) is 0 Å². The molecule has 0 saturated carbocycles. The fourth-order valence-corrected chi connectivity index (χ4v) is 2.98. The van der Waals surface area contributed by atoms with Crippen LogP contribution in [-0.4, -0.2) is 15.0 Å². The minimum absolute atomic E-state index is 0.292. The van der Waals surface area contributed by atoms with Gasteiger partial charge in [0.25, 0.3) is 0 Å². The summed E-state index contributed by atoms with van der Waals surface area (Å²) in [6, 6.07) is 10.4. The largest absolute Gasteiger partial charge is 0.256 e. The van der Waals surface area contributed by atoms with Crippen LogP contribution in [0.15, 0.2) is 48.8 Å². The van der Waals surface area contributed by atoms with Gasteiger partial charge in [-0.3, -0.25) is 9.97 Å². The minimum atomic E-state index is 0.292. The fourth-order valence-electron chi connectivity index (χ4n) is 2.84. The average Bonchev–Trinajstić information content (AvgIpc) is 2.54. The molecular weight excluding hydrogens is 282 g/mol. The molecule has 4 heteroatoms. The Labute approximate surface area is 127 Å². The monoisotopic (exact) mass is 293 g/mol. The van der Waals surface area contributed by atoms with Gasteiger partial charge < -0.3 is 0 Å². The molecule has 0 amide bonds. The first kappa shape index (κ1) is 12.5. The molecule has 3 aromatic rings. The Hall–Kier alpha value is -2.26. The summed E-state index contributed by atoms with van der Waals surface area (Å²) in [5.41, 5.74) is 4.17. The number of rotatable bonds is 1. The lowest BCUT2D eigenvalue weighted by Gasteiger charge is -2.19. The Morgan fingerprint density at radius 3 is 3.00 bits per heavy atom. The number of halogens is 1. The zero-order valence-corrected chi connectivity index (χ0v) is 12.0. The van der Waals surface area contributed by atoms with Gasteiger partial charge in [-0.2, -0.15) is 0 Å². The molecule has 1 unspecified atom stereocenters. The second kappa shape index (κ2) is 4.93. The Bertz CT molecular complexity index is 852. The highest BCUT2D eigenvalue weighted by Gasteiger charge is 2.19. The lowest BCUT2D eigenvalue weighted by molar-refractivity contribution is 0.794. The molecule has 1 aliphatic rings. The van der Waals surface area contributed by atoms with Crippen molar-refractivity contribution in [3.05, 3.63) is 70.9 Å². The predicted octanol–water partition coefficient (Wildman–Crippen LogP) is 4.03. The maximum absolute atomic E-state index is 5.89. The quantitative estimate of drug-likeness (QED) is 0.680. The van der Waals surface area contributed by atoms with Crippen LogP contribution < -0.4 is 0 Å². The van der Waals surface area contributed by atoms with E-state index < -0.39 is 0 Å². The van der Waals surface area contributed by atoms with E-state index in [-0.39, 0.29) is 0 Å². The zero-order chi connectivity index (χ0) is 14.2. The predicted molar refractivity (Wildman–Crippen MR) is 84.3 cm³/mol. The molecule has 1 aliphatic carbocycles. The Kier molecular flexibility index (Phi) is 2.93. The molecule has 21 heavy (non-hydrogen) atoms. The lowest BCUT2D eigenvalue weighted by atomic mass is 9.87. The van der Waals surface area contributed by atoms with Crippen LogP contribution in [0, 0.1) is 0 Å². The van der Waals surface area contributed by atoms with Crippen LogP contribution in [0.4, 0.5) is 0 Å². The summed E-state index contributed by atoms with van der Waals surface area (Å²) in [6.07, 6.45) is 8.46. The summed E-state index contributed by atoms with van der Waals surface area (Å²) < 4.78 is 0. The van der Waals surface area contributed by atoms with Gasteiger partial charge in [-0.25, -0.2) is 4.98 Å². The van der Waals surface area contributed by atoms with Gasteiger partial charge in [-0.1, -0.05) is 35.9 Å². The van der Waals surface area contributed by atoms with Crippen molar-refractivity contribution < 1.29 is 0 Å². The smallest absolute Gasteiger partial charge is 0.148 e. The highest BCUT2D eigenvalue weighted by molar-refractivity contribution is 6.29. The number of fused-ring (bicyclic) bond motifs is 2. The van der Waals surface area contributed by atoms with Crippen molar-refractivity contribution >= 4 is 28.6 Å². The summed E-state index contributed by atoms with van der Waals surface area (Å²) >= 11 is 5.89. The van der Waals surface area contributed by atoms with E-state index in [0.717, 1.165) is 23.3 Å². The molecule has 0 N–H and O–H groups in total. The topological polar surface area (TPSA) is 38.7 Å². The number of nitrogens with zero attached hydrogens (tertiary/aromatic N) is 3. The molecule has 0 bridgehead atoms. The first-order chi connectivity index (χ1) is 10.3. The van der Waals surface area contributed by atoms with Gasteiger partial charge in [0.1, 0.15) is 5.15 Å². The van der Waals surface area contributed by atoms with Crippen LogP contribution in [0.1, 0.15) is 22.9 Å². The molecule has 2 heterocycles. The van der Waals surface area contributed by atoms with Crippen LogP contribution in [0.5, 0.6) is 0 Å².